The molecule has 0 bridgehead atoms. The fraction of sp³-hybridized carbons (Fsp3) is 0.550. The Labute approximate surface area is 170 Å². The summed E-state index contributed by atoms with van der Waals surface area (Å²) in [7, 11) is -3.84. The van der Waals surface area contributed by atoms with Gasteiger partial charge >= 0.3 is 5.97 Å². The zero-order chi connectivity index (χ0) is 20.9. The fourth-order valence-corrected chi connectivity index (χ4v) is 5.60. The molecule has 156 valence electrons. The molecular weight excluding hydrogens is 394 g/mol. The van der Waals surface area contributed by atoms with Crippen molar-refractivity contribution in [1.82, 2.24) is 9.62 Å². The number of nitrogens with one attached hydrogen (secondary N) is 1. The van der Waals surface area contributed by atoms with E-state index in [1.807, 2.05) is 0 Å². The molecule has 1 aliphatic carbocycles. The number of piperidine rings is 1. The van der Waals surface area contributed by atoms with E-state index in [4.69, 9.17) is 4.74 Å². The standard InChI is InChI=1S/C20H25N3O5S/c21-15-20(11-5-6-12-20)22-18(24)14-28-19(25)17-10-4-7-13-23(17)29(26,27)16-8-2-1-3-9-16/h1-3,8-9,17H,4-7,10-14H2,(H,22,24). The molecule has 1 unspecified atom stereocenters. The number of carbonyl (C=O) groups is 2. The third-order valence-electron chi connectivity index (χ3n) is 5.47. The summed E-state index contributed by atoms with van der Waals surface area (Å²) in [5.41, 5.74) is -0.892. The Morgan fingerprint density at radius 3 is 2.52 bits per heavy atom. The Morgan fingerprint density at radius 1 is 1.17 bits per heavy atom. The predicted molar refractivity (Wildman–Crippen MR) is 104 cm³/mol. The van der Waals surface area contributed by atoms with Crippen molar-refractivity contribution in [3.05, 3.63) is 30.3 Å². The highest BCUT2D eigenvalue weighted by Crippen LogP contribution is 2.29. The van der Waals surface area contributed by atoms with Gasteiger partial charge in [0.25, 0.3) is 5.91 Å². The van der Waals surface area contributed by atoms with Crippen molar-refractivity contribution in [1.29, 1.82) is 5.26 Å². The molecule has 1 saturated carbocycles. The molecule has 1 heterocycles. The maximum absolute atomic E-state index is 13.0. The lowest BCUT2D eigenvalue weighted by Gasteiger charge is -2.33. The smallest absolute Gasteiger partial charge is 0.324 e. The van der Waals surface area contributed by atoms with Gasteiger partial charge in [-0.15, -0.1) is 0 Å². The van der Waals surface area contributed by atoms with Gasteiger partial charge in [0.2, 0.25) is 10.0 Å². The van der Waals surface area contributed by atoms with E-state index in [-0.39, 0.29) is 11.4 Å². The van der Waals surface area contributed by atoms with Crippen LogP contribution in [0.1, 0.15) is 44.9 Å². The number of carbonyl (C=O) groups excluding carboxylic acids is 2. The minimum Gasteiger partial charge on any atom is -0.454 e. The maximum atomic E-state index is 13.0. The highest BCUT2D eigenvalue weighted by atomic mass is 32.2. The van der Waals surface area contributed by atoms with Gasteiger partial charge in [0.15, 0.2) is 6.61 Å². The predicted octanol–water partition coefficient (Wildman–Crippen LogP) is 1.73. The molecule has 1 N–H and O–H groups in total. The van der Waals surface area contributed by atoms with Crippen LogP contribution in [-0.4, -0.2) is 49.3 Å². The second-order valence-corrected chi connectivity index (χ2v) is 9.39. The van der Waals surface area contributed by atoms with E-state index in [2.05, 4.69) is 11.4 Å². The lowest BCUT2D eigenvalue weighted by molar-refractivity contribution is -0.153. The number of hydrogen-bond acceptors (Lipinski definition) is 6. The van der Waals surface area contributed by atoms with Gasteiger partial charge in [-0.05, 0) is 57.1 Å². The number of hydrogen-bond donors (Lipinski definition) is 1. The summed E-state index contributed by atoms with van der Waals surface area (Å²) in [6.07, 6.45) is 4.58. The molecule has 1 amide bonds. The molecule has 1 aliphatic heterocycles. The van der Waals surface area contributed by atoms with Gasteiger partial charge in [-0.25, -0.2) is 8.42 Å². The van der Waals surface area contributed by atoms with Crippen LogP contribution in [0.5, 0.6) is 0 Å². The number of nitrogens with zero attached hydrogens (tertiary/aromatic N) is 2. The fourth-order valence-electron chi connectivity index (χ4n) is 3.94. The number of amides is 1. The van der Waals surface area contributed by atoms with Crippen LogP contribution in [-0.2, 0) is 24.3 Å². The van der Waals surface area contributed by atoms with Gasteiger partial charge in [0, 0.05) is 6.54 Å². The SMILES string of the molecule is N#CC1(NC(=O)COC(=O)C2CCCCN2S(=O)(=O)c2ccccc2)CCCC1. The van der Waals surface area contributed by atoms with E-state index in [0.717, 1.165) is 12.8 Å². The number of sulfonamides is 1. The molecule has 0 aromatic heterocycles. The number of ether oxygens (including phenoxy) is 1. The Kier molecular flexibility index (Phi) is 6.55. The maximum Gasteiger partial charge on any atom is 0.324 e. The van der Waals surface area contributed by atoms with Crippen molar-refractivity contribution in [2.24, 2.45) is 0 Å². The summed E-state index contributed by atoms with van der Waals surface area (Å²) in [5, 5.41) is 12.0. The van der Waals surface area contributed by atoms with Crippen molar-refractivity contribution >= 4 is 21.9 Å². The monoisotopic (exact) mass is 419 g/mol. The van der Waals surface area contributed by atoms with Gasteiger partial charge in [-0.1, -0.05) is 18.2 Å². The van der Waals surface area contributed by atoms with Gasteiger partial charge in [-0.2, -0.15) is 9.57 Å². The highest BCUT2D eigenvalue weighted by Gasteiger charge is 2.39. The quantitative estimate of drug-likeness (QED) is 0.702. The number of rotatable bonds is 6. The van der Waals surface area contributed by atoms with Crippen molar-refractivity contribution in [2.75, 3.05) is 13.2 Å². The van der Waals surface area contributed by atoms with Crippen LogP contribution in [0, 0.1) is 11.3 Å². The Bertz CT molecular complexity index is 888. The minimum atomic E-state index is -3.84. The molecule has 1 saturated heterocycles. The molecule has 1 atom stereocenters. The van der Waals surface area contributed by atoms with Crippen molar-refractivity contribution in [2.45, 2.75) is 61.4 Å². The van der Waals surface area contributed by atoms with Crippen molar-refractivity contribution in [3.8, 4) is 6.07 Å². The van der Waals surface area contributed by atoms with E-state index in [1.54, 1.807) is 18.2 Å². The van der Waals surface area contributed by atoms with Crippen LogP contribution < -0.4 is 5.32 Å². The molecule has 0 radical (unpaired) electrons. The van der Waals surface area contributed by atoms with Crippen molar-refractivity contribution in [3.63, 3.8) is 0 Å². The first-order valence-electron chi connectivity index (χ1n) is 9.84. The van der Waals surface area contributed by atoms with Crippen LogP contribution in [0.2, 0.25) is 0 Å². The topological polar surface area (TPSA) is 117 Å². The van der Waals surface area contributed by atoms with Gasteiger partial charge in [0.1, 0.15) is 11.6 Å². The molecular formula is C20H25N3O5S. The Balaban J connectivity index is 1.64. The lowest BCUT2D eigenvalue weighted by atomic mass is 10.00. The number of nitriles is 1. The third kappa shape index (κ3) is 4.77. The summed E-state index contributed by atoms with van der Waals surface area (Å²) in [4.78, 5) is 24.9. The lowest BCUT2D eigenvalue weighted by Crippen LogP contribution is -2.50. The molecule has 9 heteroatoms. The van der Waals surface area contributed by atoms with E-state index < -0.39 is 40.1 Å². The van der Waals surface area contributed by atoms with E-state index >= 15 is 0 Å². The summed E-state index contributed by atoms with van der Waals surface area (Å²) in [6, 6.07) is 9.14. The van der Waals surface area contributed by atoms with Gasteiger partial charge in [-0.3, -0.25) is 9.59 Å². The van der Waals surface area contributed by atoms with E-state index in [0.29, 0.717) is 32.1 Å². The zero-order valence-corrected chi connectivity index (χ0v) is 17.0. The van der Waals surface area contributed by atoms with E-state index in [9.17, 15) is 23.3 Å². The van der Waals surface area contributed by atoms with Crippen molar-refractivity contribution < 1.29 is 22.7 Å². The molecule has 1 aromatic rings. The minimum absolute atomic E-state index is 0.120. The second kappa shape index (κ2) is 8.93. The average Bonchev–Trinajstić information content (AvgIpc) is 3.21. The normalized spacial score (nSPS) is 21.8. The van der Waals surface area contributed by atoms with E-state index in [1.165, 1.54) is 16.4 Å². The molecule has 2 fully saturated rings. The second-order valence-electron chi connectivity index (χ2n) is 7.50. The molecule has 3 rings (SSSR count). The Hall–Kier alpha value is -2.44. The molecule has 1 aromatic carbocycles. The van der Waals surface area contributed by atoms with Crippen LogP contribution in [0.25, 0.3) is 0 Å². The van der Waals surface area contributed by atoms with Crippen LogP contribution in [0.15, 0.2) is 35.2 Å². The summed E-state index contributed by atoms with van der Waals surface area (Å²) in [6.45, 7) is -0.307. The van der Waals surface area contributed by atoms with Crippen LogP contribution in [0.4, 0.5) is 0 Å². The highest BCUT2D eigenvalue weighted by molar-refractivity contribution is 7.89. The summed E-state index contributed by atoms with van der Waals surface area (Å²) in [5.74, 6) is -1.29. The van der Waals surface area contributed by atoms with Gasteiger partial charge < -0.3 is 10.1 Å². The molecule has 0 spiro atoms. The van der Waals surface area contributed by atoms with Crippen LogP contribution in [0.3, 0.4) is 0 Å². The summed E-state index contributed by atoms with van der Waals surface area (Å²) >= 11 is 0. The first-order valence-corrected chi connectivity index (χ1v) is 11.3. The first-order chi connectivity index (χ1) is 13.9. The average molecular weight is 420 g/mol. The van der Waals surface area contributed by atoms with Crippen LogP contribution >= 0.6 is 0 Å². The number of benzene rings is 1. The van der Waals surface area contributed by atoms with Gasteiger partial charge in [0.05, 0.1) is 11.0 Å². The molecule has 2 aliphatic rings. The zero-order valence-electron chi connectivity index (χ0n) is 16.2. The third-order valence-corrected chi connectivity index (χ3v) is 7.39. The molecule has 29 heavy (non-hydrogen) atoms. The largest absolute Gasteiger partial charge is 0.454 e. The first kappa shape index (κ1) is 21.3. The molecule has 8 nitrogen and oxygen atoms in total. The number of esters is 1. The summed E-state index contributed by atoms with van der Waals surface area (Å²) < 4.78 is 32.2. The Morgan fingerprint density at radius 2 is 1.86 bits per heavy atom.